The Labute approximate surface area is 194 Å². The van der Waals surface area contributed by atoms with E-state index in [9.17, 15) is 4.79 Å². The van der Waals surface area contributed by atoms with E-state index in [4.69, 9.17) is 9.47 Å². The first-order valence-electron chi connectivity index (χ1n) is 11.0. The molecule has 2 aromatic carbocycles. The summed E-state index contributed by atoms with van der Waals surface area (Å²) >= 11 is 1.48. The zero-order chi connectivity index (χ0) is 23.1. The average molecular weight is 453 g/mol. The SMILES string of the molecule is CCCCCOc1ccc(/C=C/C(=O)Nc2nc3ccc(C(C)(C)C)cc3s2)cc1OC. The molecular formula is C26H32N2O3S. The number of amides is 1. The molecule has 0 saturated heterocycles. The fraction of sp³-hybridized carbons (Fsp3) is 0.385. The quantitative estimate of drug-likeness (QED) is 0.286. The molecular weight excluding hydrogens is 420 g/mol. The molecule has 0 fully saturated rings. The summed E-state index contributed by atoms with van der Waals surface area (Å²) in [6.45, 7) is 9.38. The lowest BCUT2D eigenvalue weighted by Crippen LogP contribution is -2.10. The number of benzene rings is 2. The van der Waals surface area contributed by atoms with Crippen molar-refractivity contribution in [1.29, 1.82) is 0 Å². The molecule has 1 heterocycles. The van der Waals surface area contributed by atoms with Gasteiger partial charge >= 0.3 is 0 Å². The number of hydrogen-bond acceptors (Lipinski definition) is 5. The van der Waals surface area contributed by atoms with E-state index in [-0.39, 0.29) is 11.3 Å². The summed E-state index contributed by atoms with van der Waals surface area (Å²) in [6, 6.07) is 11.9. The lowest BCUT2D eigenvalue weighted by atomic mass is 9.87. The third-order valence-electron chi connectivity index (χ3n) is 5.10. The second-order valence-electron chi connectivity index (χ2n) is 8.74. The lowest BCUT2D eigenvalue weighted by Gasteiger charge is -2.18. The molecule has 0 aliphatic heterocycles. The number of thiazole rings is 1. The van der Waals surface area contributed by atoms with Gasteiger partial charge in [-0.3, -0.25) is 10.1 Å². The van der Waals surface area contributed by atoms with Crippen molar-refractivity contribution in [3.05, 3.63) is 53.6 Å². The first kappa shape index (κ1) is 23.8. The fourth-order valence-electron chi connectivity index (χ4n) is 3.20. The largest absolute Gasteiger partial charge is 0.493 e. The van der Waals surface area contributed by atoms with E-state index in [0.717, 1.165) is 35.0 Å². The Balaban J connectivity index is 1.64. The molecule has 0 aliphatic carbocycles. The number of nitrogens with zero attached hydrogens (tertiary/aromatic N) is 1. The van der Waals surface area contributed by atoms with Crippen LogP contribution in [-0.2, 0) is 10.2 Å². The number of carbonyl (C=O) groups excluding carboxylic acids is 1. The van der Waals surface area contributed by atoms with Crippen LogP contribution in [-0.4, -0.2) is 24.6 Å². The van der Waals surface area contributed by atoms with Crippen molar-refractivity contribution in [3.63, 3.8) is 0 Å². The molecule has 32 heavy (non-hydrogen) atoms. The van der Waals surface area contributed by atoms with Crippen LogP contribution in [0.15, 0.2) is 42.5 Å². The Morgan fingerprint density at radius 3 is 2.66 bits per heavy atom. The number of aromatic nitrogens is 1. The first-order valence-corrected chi connectivity index (χ1v) is 11.8. The van der Waals surface area contributed by atoms with Crippen molar-refractivity contribution in [2.45, 2.75) is 52.4 Å². The maximum absolute atomic E-state index is 12.4. The number of methoxy groups -OCH3 is 1. The van der Waals surface area contributed by atoms with E-state index in [2.05, 4.69) is 50.1 Å². The number of rotatable bonds is 9. The molecule has 0 bridgehead atoms. The van der Waals surface area contributed by atoms with Crippen LogP contribution in [0.4, 0.5) is 5.13 Å². The van der Waals surface area contributed by atoms with E-state index in [0.29, 0.717) is 23.2 Å². The molecule has 6 heteroatoms. The van der Waals surface area contributed by atoms with E-state index in [1.165, 1.54) is 23.0 Å². The molecule has 1 amide bonds. The molecule has 0 saturated carbocycles. The Morgan fingerprint density at radius 1 is 1.12 bits per heavy atom. The molecule has 0 unspecified atom stereocenters. The fourth-order valence-corrected chi connectivity index (χ4v) is 4.11. The maximum atomic E-state index is 12.4. The van der Waals surface area contributed by atoms with Crippen molar-refractivity contribution >= 4 is 38.7 Å². The number of unbranched alkanes of at least 4 members (excludes halogenated alkanes) is 2. The highest BCUT2D eigenvalue weighted by Crippen LogP contribution is 2.31. The summed E-state index contributed by atoms with van der Waals surface area (Å²) in [5.74, 6) is 1.15. The highest BCUT2D eigenvalue weighted by molar-refractivity contribution is 7.22. The second-order valence-corrected chi connectivity index (χ2v) is 9.77. The Bertz CT molecular complexity index is 1100. The van der Waals surface area contributed by atoms with Crippen LogP contribution in [0.1, 0.15) is 58.1 Å². The molecule has 170 valence electrons. The van der Waals surface area contributed by atoms with Gasteiger partial charge in [0.25, 0.3) is 0 Å². The summed E-state index contributed by atoms with van der Waals surface area (Å²) in [7, 11) is 1.62. The van der Waals surface area contributed by atoms with Crippen LogP contribution in [0.2, 0.25) is 0 Å². The summed E-state index contributed by atoms with van der Waals surface area (Å²) < 4.78 is 12.3. The average Bonchev–Trinajstić information content (AvgIpc) is 3.16. The minimum Gasteiger partial charge on any atom is -0.493 e. The molecule has 3 rings (SSSR count). The molecule has 0 spiro atoms. The molecule has 5 nitrogen and oxygen atoms in total. The molecule has 0 atom stereocenters. The van der Waals surface area contributed by atoms with Gasteiger partial charge in [0.1, 0.15) is 0 Å². The summed E-state index contributed by atoms with van der Waals surface area (Å²) in [4.78, 5) is 17.0. The Morgan fingerprint density at radius 2 is 1.94 bits per heavy atom. The zero-order valence-corrected chi connectivity index (χ0v) is 20.3. The zero-order valence-electron chi connectivity index (χ0n) is 19.5. The third kappa shape index (κ3) is 6.33. The summed E-state index contributed by atoms with van der Waals surface area (Å²) in [5, 5.41) is 3.46. The van der Waals surface area contributed by atoms with Crippen molar-refractivity contribution in [1.82, 2.24) is 4.98 Å². The number of fused-ring (bicyclic) bond motifs is 1. The standard InChI is InChI=1S/C26H32N2O3S/c1-6-7-8-15-31-21-13-9-18(16-22(21)30-5)10-14-24(29)28-25-27-20-12-11-19(26(2,3)4)17-23(20)32-25/h9-14,16-17H,6-8,15H2,1-5H3,(H,27,28,29)/b14-10+. The van der Waals surface area contributed by atoms with E-state index in [1.807, 2.05) is 24.3 Å². The minimum atomic E-state index is -0.223. The summed E-state index contributed by atoms with van der Waals surface area (Å²) in [5.41, 5.74) is 3.07. The van der Waals surface area contributed by atoms with Gasteiger partial charge < -0.3 is 9.47 Å². The smallest absolute Gasteiger partial charge is 0.250 e. The number of ether oxygens (including phenoxy) is 2. The van der Waals surface area contributed by atoms with Crippen LogP contribution in [0.5, 0.6) is 11.5 Å². The lowest BCUT2D eigenvalue weighted by molar-refractivity contribution is -0.111. The molecule has 1 N–H and O–H groups in total. The van der Waals surface area contributed by atoms with Crippen molar-refractivity contribution in [2.75, 3.05) is 19.0 Å². The molecule has 0 aliphatic rings. The summed E-state index contributed by atoms with van der Waals surface area (Å²) in [6.07, 6.45) is 6.57. The van der Waals surface area contributed by atoms with Gasteiger partial charge in [-0.2, -0.15) is 0 Å². The van der Waals surface area contributed by atoms with Gasteiger partial charge in [0.2, 0.25) is 5.91 Å². The first-order chi connectivity index (χ1) is 15.3. The highest BCUT2D eigenvalue weighted by atomic mass is 32.1. The molecule has 1 aromatic heterocycles. The Hall–Kier alpha value is -2.86. The van der Waals surface area contributed by atoms with Crippen molar-refractivity contribution < 1.29 is 14.3 Å². The van der Waals surface area contributed by atoms with E-state index < -0.39 is 0 Å². The number of anilines is 1. The highest BCUT2D eigenvalue weighted by Gasteiger charge is 2.15. The van der Waals surface area contributed by atoms with Crippen molar-refractivity contribution in [2.24, 2.45) is 0 Å². The minimum absolute atomic E-state index is 0.0709. The van der Waals surface area contributed by atoms with Crippen molar-refractivity contribution in [3.8, 4) is 11.5 Å². The van der Waals surface area contributed by atoms with Crippen LogP contribution >= 0.6 is 11.3 Å². The molecule has 0 radical (unpaired) electrons. The van der Waals surface area contributed by atoms with E-state index in [1.54, 1.807) is 13.2 Å². The van der Waals surface area contributed by atoms with Gasteiger partial charge in [-0.25, -0.2) is 4.98 Å². The predicted octanol–water partition coefficient (Wildman–Crippen LogP) is 6.82. The van der Waals surface area contributed by atoms with Gasteiger partial charge in [-0.15, -0.1) is 0 Å². The topological polar surface area (TPSA) is 60.5 Å². The van der Waals surface area contributed by atoms with Gasteiger partial charge in [-0.1, -0.05) is 64.0 Å². The third-order valence-corrected chi connectivity index (χ3v) is 6.04. The number of hydrogen-bond donors (Lipinski definition) is 1. The van der Waals surface area contributed by atoms with Gasteiger partial charge in [0, 0.05) is 6.08 Å². The van der Waals surface area contributed by atoms with Gasteiger partial charge in [0.15, 0.2) is 16.6 Å². The van der Waals surface area contributed by atoms with E-state index >= 15 is 0 Å². The van der Waals surface area contributed by atoms with Crippen LogP contribution in [0.3, 0.4) is 0 Å². The molecule has 3 aromatic rings. The maximum Gasteiger partial charge on any atom is 0.250 e. The monoisotopic (exact) mass is 452 g/mol. The normalized spacial score (nSPS) is 11.8. The van der Waals surface area contributed by atoms with Gasteiger partial charge in [-0.05, 0) is 53.3 Å². The number of carbonyl (C=O) groups is 1. The predicted molar refractivity (Wildman–Crippen MR) is 134 cm³/mol. The van der Waals surface area contributed by atoms with Gasteiger partial charge in [0.05, 0.1) is 23.9 Å². The van der Waals surface area contributed by atoms with Crippen LogP contribution in [0.25, 0.3) is 16.3 Å². The van der Waals surface area contributed by atoms with Crippen LogP contribution < -0.4 is 14.8 Å². The Kier molecular flexibility index (Phi) is 7.91. The number of nitrogens with one attached hydrogen (secondary N) is 1. The second kappa shape index (κ2) is 10.6. The van der Waals surface area contributed by atoms with Crippen LogP contribution in [0, 0.1) is 0 Å².